The van der Waals surface area contributed by atoms with Crippen LogP contribution in [-0.4, -0.2) is 10.9 Å². The summed E-state index contributed by atoms with van der Waals surface area (Å²) in [5.41, 5.74) is 2.43. The predicted molar refractivity (Wildman–Crippen MR) is 69.1 cm³/mol. The normalized spacial score (nSPS) is 15.9. The Kier molecular flexibility index (Phi) is 2.34. The zero-order chi connectivity index (χ0) is 12.5. The highest BCUT2D eigenvalue weighted by atomic mass is 16.1. The summed E-state index contributed by atoms with van der Waals surface area (Å²) in [5.74, 6) is 0.173. The average molecular weight is 238 g/mol. The van der Waals surface area contributed by atoms with Crippen LogP contribution in [0.15, 0.2) is 70.2 Å². The smallest absolute Gasteiger partial charge is 0.257 e. The van der Waals surface area contributed by atoms with Gasteiger partial charge in [-0.1, -0.05) is 24.3 Å². The molecule has 2 aliphatic rings. The second kappa shape index (κ2) is 4.00. The van der Waals surface area contributed by atoms with Crippen LogP contribution < -0.4 is 10.7 Å². The highest BCUT2D eigenvalue weighted by Crippen LogP contribution is 2.30. The van der Waals surface area contributed by atoms with E-state index in [0.29, 0.717) is 11.4 Å². The van der Waals surface area contributed by atoms with Crippen molar-refractivity contribution < 1.29 is 4.79 Å². The van der Waals surface area contributed by atoms with Crippen LogP contribution in [0.25, 0.3) is 0 Å². The van der Waals surface area contributed by atoms with E-state index in [4.69, 9.17) is 0 Å². The first-order chi connectivity index (χ1) is 8.74. The Labute approximate surface area is 103 Å². The van der Waals surface area contributed by atoms with Gasteiger partial charge < -0.3 is 10.3 Å². The number of carbonyl (C=O) groups excluding carboxylic acids is 1. The molecule has 0 aliphatic heterocycles. The molecule has 0 bridgehead atoms. The standard InChI is InChI=1S/C14H10N2O2/c17-10-6-7-15-13(8-10)16-14(18)12-5-4-9-2-1-3-11(9)12/h1-8H,(H2,15,16,17,18). The highest BCUT2D eigenvalue weighted by molar-refractivity contribution is 6.08. The lowest BCUT2D eigenvalue weighted by Gasteiger charge is -2.05. The van der Waals surface area contributed by atoms with Crippen molar-refractivity contribution in [2.24, 2.45) is 0 Å². The molecule has 2 N–H and O–H groups in total. The van der Waals surface area contributed by atoms with Crippen molar-refractivity contribution in [2.45, 2.75) is 0 Å². The minimum Gasteiger partial charge on any atom is -0.348 e. The number of hydrogen-bond donors (Lipinski definition) is 2. The molecular formula is C14H10N2O2. The third-order valence-corrected chi connectivity index (χ3v) is 2.84. The number of aromatic amines is 1. The van der Waals surface area contributed by atoms with Gasteiger partial charge >= 0.3 is 0 Å². The molecule has 0 atom stereocenters. The first kappa shape index (κ1) is 10.5. The summed E-state index contributed by atoms with van der Waals surface area (Å²) in [7, 11) is 0. The van der Waals surface area contributed by atoms with Gasteiger partial charge in [-0.2, -0.15) is 0 Å². The van der Waals surface area contributed by atoms with Crippen LogP contribution in [0.2, 0.25) is 0 Å². The number of carbonyl (C=O) groups is 1. The summed E-state index contributed by atoms with van der Waals surface area (Å²) in [6.45, 7) is 0. The van der Waals surface area contributed by atoms with E-state index in [9.17, 15) is 9.59 Å². The molecule has 0 fully saturated rings. The van der Waals surface area contributed by atoms with Crippen molar-refractivity contribution in [3.63, 3.8) is 0 Å². The second-order valence-electron chi connectivity index (χ2n) is 4.03. The number of aromatic nitrogens is 1. The molecule has 1 aromatic heterocycles. The van der Waals surface area contributed by atoms with Gasteiger partial charge in [-0.05, 0) is 17.2 Å². The fraction of sp³-hybridized carbons (Fsp3) is 0. The van der Waals surface area contributed by atoms with Crippen LogP contribution in [0.1, 0.15) is 0 Å². The summed E-state index contributed by atoms with van der Waals surface area (Å²) in [6.07, 6.45) is 10.9. The number of H-pyrrole nitrogens is 1. The zero-order valence-corrected chi connectivity index (χ0v) is 9.44. The summed E-state index contributed by atoms with van der Waals surface area (Å²) in [5, 5.41) is 2.67. The van der Waals surface area contributed by atoms with Crippen LogP contribution in [0, 0.1) is 0 Å². The van der Waals surface area contributed by atoms with Gasteiger partial charge in [0.15, 0.2) is 5.43 Å². The molecular weight excluding hydrogens is 228 g/mol. The molecule has 0 saturated carbocycles. The molecule has 4 heteroatoms. The van der Waals surface area contributed by atoms with Crippen LogP contribution in [-0.2, 0) is 4.79 Å². The van der Waals surface area contributed by atoms with Crippen LogP contribution in [0.5, 0.6) is 0 Å². The van der Waals surface area contributed by atoms with Gasteiger partial charge in [0.25, 0.3) is 5.91 Å². The number of pyridine rings is 1. The summed E-state index contributed by atoms with van der Waals surface area (Å²) in [4.78, 5) is 26.0. The lowest BCUT2D eigenvalue weighted by atomic mass is 10.1. The number of amides is 1. The molecule has 0 radical (unpaired) electrons. The third-order valence-electron chi connectivity index (χ3n) is 2.84. The first-order valence-corrected chi connectivity index (χ1v) is 5.55. The topological polar surface area (TPSA) is 62.0 Å². The predicted octanol–water partition coefficient (Wildman–Crippen LogP) is 1.68. The van der Waals surface area contributed by atoms with Crippen LogP contribution >= 0.6 is 0 Å². The number of rotatable bonds is 2. The van der Waals surface area contributed by atoms with E-state index in [-0.39, 0.29) is 11.3 Å². The Morgan fingerprint density at radius 1 is 1.22 bits per heavy atom. The highest BCUT2D eigenvalue weighted by Gasteiger charge is 2.20. The summed E-state index contributed by atoms with van der Waals surface area (Å²) in [6, 6.07) is 2.75. The molecule has 2 aliphatic carbocycles. The van der Waals surface area contributed by atoms with Crippen molar-refractivity contribution in [1.82, 2.24) is 4.98 Å². The molecule has 1 aromatic rings. The van der Waals surface area contributed by atoms with Crippen molar-refractivity contribution >= 4 is 11.7 Å². The fourth-order valence-electron chi connectivity index (χ4n) is 1.99. The zero-order valence-electron chi connectivity index (χ0n) is 9.44. The van der Waals surface area contributed by atoms with E-state index in [1.165, 1.54) is 18.3 Å². The van der Waals surface area contributed by atoms with E-state index in [1.807, 2.05) is 24.3 Å². The fourth-order valence-corrected chi connectivity index (χ4v) is 1.99. The van der Waals surface area contributed by atoms with Gasteiger partial charge in [0.1, 0.15) is 5.82 Å². The maximum absolute atomic E-state index is 12.1. The SMILES string of the molecule is O=C(Nc1cc(=O)cc[nH]1)C1=C2C=CC=C2C=C1. The maximum atomic E-state index is 12.1. The Bertz CT molecular complexity index is 703. The number of allylic oxidation sites excluding steroid dienone is 6. The molecule has 1 heterocycles. The van der Waals surface area contributed by atoms with Gasteiger partial charge in [-0.3, -0.25) is 9.59 Å². The van der Waals surface area contributed by atoms with Gasteiger partial charge in [-0.25, -0.2) is 0 Å². The molecule has 0 aromatic carbocycles. The van der Waals surface area contributed by atoms with E-state index < -0.39 is 0 Å². The molecule has 1 amide bonds. The van der Waals surface area contributed by atoms with Crippen LogP contribution in [0.4, 0.5) is 5.82 Å². The Morgan fingerprint density at radius 3 is 2.94 bits per heavy atom. The third kappa shape index (κ3) is 1.73. The molecule has 0 unspecified atom stereocenters. The van der Waals surface area contributed by atoms with Crippen molar-refractivity contribution in [2.75, 3.05) is 5.32 Å². The minimum atomic E-state index is -0.224. The van der Waals surface area contributed by atoms with E-state index in [2.05, 4.69) is 10.3 Å². The van der Waals surface area contributed by atoms with Gasteiger partial charge in [-0.15, -0.1) is 0 Å². The lowest BCUT2D eigenvalue weighted by Crippen LogP contribution is -2.16. The molecule has 0 saturated heterocycles. The van der Waals surface area contributed by atoms with Crippen LogP contribution in [0.3, 0.4) is 0 Å². The summed E-state index contributed by atoms with van der Waals surface area (Å²) >= 11 is 0. The largest absolute Gasteiger partial charge is 0.348 e. The maximum Gasteiger partial charge on any atom is 0.257 e. The lowest BCUT2D eigenvalue weighted by molar-refractivity contribution is -0.112. The molecule has 4 nitrogen and oxygen atoms in total. The van der Waals surface area contributed by atoms with Crippen molar-refractivity contribution in [3.8, 4) is 0 Å². The molecule has 3 rings (SSSR count). The van der Waals surface area contributed by atoms with E-state index in [1.54, 1.807) is 6.08 Å². The first-order valence-electron chi connectivity index (χ1n) is 5.55. The Morgan fingerprint density at radius 2 is 2.11 bits per heavy atom. The number of fused-ring (bicyclic) bond motifs is 1. The number of anilines is 1. The monoisotopic (exact) mass is 238 g/mol. The van der Waals surface area contributed by atoms with Gasteiger partial charge in [0.05, 0.1) is 0 Å². The van der Waals surface area contributed by atoms with Gasteiger partial charge in [0, 0.05) is 23.9 Å². The van der Waals surface area contributed by atoms with Crippen molar-refractivity contribution in [3.05, 3.63) is 75.7 Å². The Hall–Kier alpha value is -2.62. The number of nitrogens with one attached hydrogen (secondary N) is 2. The number of hydrogen-bond acceptors (Lipinski definition) is 2. The molecule has 18 heavy (non-hydrogen) atoms. The van der Waals surface area contributed by atoms with Crippen molar-refractivity contribution in [1.29, 1.82) is 0 Å². The average Bonchev–Trinajstić information content (AvgIpc) is 2.89. The van der Waals surface area contributed by atoms with E-state index in [0.717, 1.165) is 11.1 Å². The molecule has 88 valence electrons. The summed E-state index contributed by atoms with van der Waals surface area (Å²) < 4.78 is 0. The quantitative estimate of drug-likeness (QED) is 0.823. The second-order valence-corrected chi connectivity index (χ2v) is 4.03. The molecule has 0 spiro atoms. The van der Waals surface area contributed by atoms with E-state index >= 15 is 0 Å². The van der Waals surface area contributed by atoms with Gasteiger partial charge in [0.2, 0.25) is 0 Å². The Balaban J connectivity index is 1.87. The minimum absolute atomic E-state index is 0.148.